The second kappa shape index (κ2) is 5.05. The summed E-state index contributed by atoms with van der Waals surface area (Å²) in [7, 11) is 0. The summed E-state index contributed by atoms with van der Waals surface area (Å²) in [5.74, 6) is 0. The zero-order chi connectivity index (χ0) is 14.1. The van der Waals surface area contributed by atoms with Gasteiger partial charge in [-0.25, -0.2) is 4.79 Å². The van der Waals surface area contributed by atoms with E-state index in [-0.39, 0.29) is 6.04 Å². The molecule has 1 amide bonds. The number of aliphatic hydroxyl groups is 1. The molecule has 1 aliphatic heterocycles. The molecule has 0 aromatic rings. The first kappa shape index (κ1) is 15.2. The highest BCUT2D eigenvalue weighted by Gasteiger charge is 2.47. The standard InChI is InChI=1S/C13H25NO4/c1-7-10(15)9-8-17-13(5,6)14(9)11(16)18-12(2,3)4/h9-10,15H,7-8H2,1-6H3/t9-,10+/m1/s1. The smallest absolute Gasteiger partial charge is 0.412 e. The van der Waals surface area contributed by atoms with Gasteiger partial charge in [-0.15, -0.1) is 0 Å². The van der Waals surface area contributed by atoms with Gasteiger partial charge < -0.3 is 14.6 Å². The van der Waals surface area contributed by atoms with E-state index in [4.69, 9.17) is 9.47 Å². The lowest BCUT2D eigenvalue weighted by molar-refractivity contribution is -0.0678. The van der Waals surface area contributed by atoms with Crippen molar-refractivity contribution in [1.82, 2.24) is 4.90 Å². The van der Waals surface area contributed by atoms with Gasteiger partial charge in [-0.2, -0.15) is 0 Å². The lowest BCUT2D eigenvalue weighted by Crippen LogP contribution is -2.53. The lowest BCUT2D eigenvalue weighted by atomic mass is 10.1. The van der Waals surface area contributed by atoms with Crippen molar-refractivity contribution >= 4 is 6.09 Å². The van der Waals surface area contributed by atoms with Crippen LogP contribution in [0.4, 0.5) is 4.79 Å². The molecule has 0 bridgehead atoms. The molecular weight excluding hydrogens is 234 g/mol. The fourth-order valence-corrected chi connectivity index (χ4v) is 2.05. The SMILES string of the molecule is CC[C@H](O)[C@H]1COC(C)(C)N1C(=O)OC(C)(C)C. The van der Waals surface area contributed by atoms with Crippen LogP contribution in [-0.4, -0.2) is 46.2 Å². The van der Waals surface area contributed by atoms with Crippen molar-refractivity contribution in [3.8, 4) is 0 Å². The van der Waals surface area contributed by atoms with Gasteiger partial charge in [-0.3, -0.25) is 4.90 Å². The first-order valence-corrected chi connectivity index (χ1v) is 6.43. The summed E-state index contributed by atoms with van der Waals surface area (Å²) >= 11 is 0. The van der Waals surface area contributed by atoms with E-state index in [2.05, 4.69) is 0 Å². The summed E-state index contributed by atoms with van der Waals surface area (Å²) in [6, 6.07) is -0.347. The highest BCUT2D eigenvalue weighted by Crippen LogP contribution is 2.31. The fourth-order valence-electron chi connectivity index (χ4n) is 2.05. The van der Waals surface area contributed by atoms with Gasteiger partial charge in [0.25, 0.3) is 0 Å². The van der Waals surface area contributed by atoms with Crippen LogP contribution in [0.1, 0.15) is 48.0 Å². The molecule has 2 atom stereocenters. The Labute approximate surface area is 109 Å². The topological polar surface area (TPSA) is 59.0 Å². The van der Waals surface area contributed by atoms with Gasteiger partial charge in [-0.1, -0.05) is 6.92 Å². The maximum absolute atomic E-state index is 12.2. The zero-order valence-corrected chi connectivity index (χ0v) is 12.2. The number of hydrogen-bond acceptors (Lipinski definition) is 4. The second-order valence-corrected chi connectivity index (χ2v) is 6.15. The van der Waals surface area contributed by atoms with Crippen molar-refractivity contribution in [3.05, 3.63) is 0 Å². The number of carbonyl (C=O) groups excluding carboxylic acids is 1. The Morgan fingerprint density at radius 3 is 2.56 bits per heavy atom. The molecule has 0 radical (unpaired) electrons. The van der Waals surface area contributed by atoms with Gasteiger partial charge in [0.05, 0.1) is 18.8 Å². The van der Waals surface area contributed by atoms with E-state index >= 15 is 0 Å². The van der Waals surface area contributed by atoms with E-state index in [9.17, 15) is 9.90 Å². The normalized spacial score (nSPS) is 25.1. The number of carbonyl (C=O) groups is 1. The number of ether oxygens (including phenoxy) is 2. The van der Waals surface area contributed by atoms with Crippen LogP contribution < -0.4 is 0 Å². The minimum Gasteiger partial charge on any atom is -0.444 e. The summed E-state index contributed by atoms with van der Waals surface area (Å²) in [6.07, 6.45) is -0.467. The third kappa shape index (κ3) is 3.36. The maximum Gasteiger partial charge on any atom is 0.412 e. The van der Waals surface area contributed by atoms with Crippen LogP contribution in [0, 0.1) is 0 Å². The summed E-state index contributed by atoms with van der Waals surface area (Å²) in [6.45, 7) is 11.3. The number of nitrogens with zero attached hydrogens (tertiary/aromatic N) is 1. The predicted octanol–water partition coefficient (Wildman–Crippen LogP) is 2.13. The molecule has 1 heterocycles. The summed E-state index contributed by atoms with van der Waals surface area (Å²) in [4.78, 5) is 13.7. The van der Waals surface area contributed by atoms with Gasteiger partial charge in [0.1, 0.15) is 11.3 Å². The first-order chi connectivity index (χ1) is 8.08. The fraction of sp³-hybridized carbons (Fsp3) is 0.923. The molecule has 106 valence electrons. The zero-order valence-electron chi connectivity index (χ0n) is 12.2. The van der Waals surface area contributed by atoms with Crippen molar-refractivity contribution in [2.24, 2.45) is 0 Å². The third-order valence-electron chi connectivity index (χ3n) is 2.97. The van der Waals surface area contributed by atoms with Crippen LogP contribution in [0.2, 0.25) is 0 Å². The number of aliphatic hydroxyl groups excluding tert-OH is 1. The Kier molecular flexibility index (Phi) is 4.28. The number of rotatable bonds is 2. The number of amides is 1. The average molecular weight is 259 g/mol. The Morgan fingerprint density at radius 2 is 2.11 bits per heavy atom. The van der Waals surface area contributed by atoms with Crippen LogP contribution in [0.25, 0.3) is 0 Å². The Morgan fingerprint density at radius 1 is 1.56 bits per heavy atom. The van der Waals surface area contributed by atoms with Crippen LogP contribution in [0.5, 0.6) is 0 Å². The molecule has 0 aliphatic carbocycles. The van der Waals surface area contributed by atoms with Gasteiger partial charge in [0.15, 0.2) is 0 Å². The van der Waals surface area contributed by atoms with Crippen LogP contribution >= 0.6 is 0 Å². The van der Waals surface area contributed by atoms with Crippen molar-refractivity contribution in [2.75, 3.05) is 6.61 Å². The maximum atomic E-state index is 12.2. The quantitative estimate of drug-likeness (QED) is 0.825. The molecule has 0 aromatic heterocycles. The summed E-state index contributed by atoms with van der Waals surface area (Å²) < 4.78 is 11.0. The van der Waals surface area contributed by atoms with E-state index in [0.29, 0.717) is 13.0 Å². The Balaban J connectivity index is 2.88. The van der Waals surface area contributed by atoms with Crippen LogP contribution in [-0.2, 0) is 9.47 Å². The third-order valence-corrected chi connectivity index (χ3v) is 2.97. The van der Waals surface area contributed by atoms with E-state index in [0.717, 1.165) is 0 Å². The van der Waals surface area contributed by atoms with Crippen LogP contribution in [0.3, 0.4) is 0 Å². The molecule has 0 spiro atoms. The van der Waals surface area contributed by atoms with Crippen LogP contribution in [0.15, 0.2) is 0 Å². The number of hydrogen-bond donors (Lipinski definition) is 1. The molecule has 5 heteroatoms. The molecule has 1 aliphatic rings. The summed E-state index contributed by atoms with van der Waals surface area (Å²) in [5.41, 5.74) is -1.30. The van der Waals surface area contributed by atoms with Crippen molar-refractivity contribution in [2.45, 2.75) is 71.4 Å². The van der Waals surface area contributed by atoms with Gasteiger partial charge in [-0.05, 0) is 41.0 Å². The molecular formula is C13H25NO4. The molecule has 18 heavy (non-hydrogen) atoms. The van der Waals surface area contributed by atoms with Crippen molar-refractivity contribution < 1.29 is 19.4 Å². The summed E-state index contributed by atoms with van der Waals surface area (Å²) in [5, 5.41) is 9.98. The van der Waals surface area contributed by atoms with E-state index in [1.54, 1.807) is 13.8 Å². The molecule has 1 fully saturated rings. The Hall–Kier alpha value is -0.810. The molecule has 0 aromatic carbocycles. The molecule has 5 nitrogen and oxygen atoms in total. The van der Waals surface area contributed by atoms with Gasteiger partial charge >= 0.3 is 6.09 Å². The molecule has 1 rings (SSSR count). The predicted molar refractivity (Wildman–Crippen MR) is 68.2 cm³/mol. The van der Waals surface area contributed by atoms with Gasteiger partial charge in [0, 0.05) is 0 Å². The second-order valence-electron chi connectivity index (χ2n) is 6.15. The van der Waals surface area contributed by atoms with E-state index in [1.807, 2.05) is 27.7 Å². The monoisotopic (exact) mass is 259 g/mol. The molecule has 1 N–H and O–H groups in total. The van der Waals surface area contributed by atoms with Crippen molar-refractivity contribution in [1.29, 1.82) is 0 Å². The molecule has 0 saturated carbocycles. The Bertz CT molecular complexity index is 309. The highest BCUT2D eigenvalue weighted by molar-refractivity contribution is 5.69. The average Bonchev–Trinajstić information content (AvgIpc) is 2.50. The largest absolute Gasteiger partial charge is 0.444 e. The van der Waals surface area contributed by atoms with Crippen molar-refractivity contribution in [3.63, 3.8) is 0 Å². The minimum absolute atomic E-state index is 0.335. The lowest BCUT2D eigenvalue weighted by Gasteiger charge is -2.36. The molecule has 0 unspecified atom stereocenters. The minimum atomic E-state index is -0.747. The van der Waals surface area contributed by atoms with E-state index in [1.165, 1.54) is 4.90 Å². The first-order valence-electron chi connectivity index (χ1n) is 6.43. The molecule has 1 saturated heterocycles. The van der Waals surface area contributed by atoms with Gasteiger partial charge in [0.2, 0.25) is 0 Å². The van der Waals surface area contributed by atoms with E-state index < -0.39 is 23.5 Å². The highest BCUT2D eigenvalue weighted by atomic mass is 16.6.